The number of nitrogens with one attached hydrogen (secondary N) is 2. The van der Waals surface area contributed by atoms with Crippen LogP contribution in [-0.4, -0.2) is 55.9 Å². The molecule has 0 radical (unpaired) electrons. The molecule has 0 saturated carbocycles. The highest BCUT2D eigenvalue weighted by atomic mass is 32.2. The van der Waals surface area contributed by atoms with Gasteiger partial charge >= 0.3 is 0 Å². The lowest BCUT2D eigenvalue weighted by Gasteiger charge is -2.19. The van der Waals surface area contributed by atoms with Gasteiger partial charge in [-0.05, 0) is 12.1 Å². The first-order valence-corrected chi connectivity index (χ1v) is 11.7. The average molecular weight is 471 g/mol. The second-order valence-corrected chi connectivity index (χ2v) is 9.08. The number of hydrogen-bond acceptors (Lipinski definition) is 10. The monoisotopic (exact) mass is 471 g/mol. The summed E-state index contributed by atoms with van der Waals surface area (Å²) in [6.07, 6.45) is 2.59. The Morgan fingerprint density at radius 1 is 1.09 bits per heavy atom. The topological polar surface area (TPSA) is 142 Å². The molecular formula is C21H21N5O6S. The number of aromatic nitrogens is 3. The summed E-state index contributed by atoms with van der Waals surface area (Å²) in [4.78, 5) is 24.5. The summed E-state index contributed by atoms with van der Waals surface area (Å²) in [7, 11) is -2.16. The number of nitrogens with zero attached hydrogens (tertiary/aromatic N) is 3. The van der Waals surface area contributed by atoms with Crippen molar-refractivity contribution < 1.29 is 27.4 Å². The van der Waals surface area contributed by atoms with Crippen LogP contribution in [0.5, 0.6) is 17.4 Å². The van der Waals surface area contributed by atoms with Crippen molar-refractivity contribution in [2.45, 2.75) is 11.9 Å². The molecule has 33 heavy (non-hydrogen) atoms. The number of rotatable bonds is 6. The fourth-order valence-corrected chi connectivity index (χ4v) is 3.68. The largest absolute Gasteiger partial charge is 0.497 e. The van der Waals surface area contributed by atoms with Gasteiger partial charge in [-0.15, -0.1) is 0 Å². The molecule has 0 atom stereocenters. The molecule has 0 spiro atoms. The van der Waals surface area contributed by atoms with Gasteiger partial charge in [0, 0.05) is 43.1 Å². The molecule has 0 unspecified atom stereocenters. The minimum Gasteiger partial charge on any atom is -0.497 e. The number of anilines is 3. The number of sulfone groups is 1. The van der Waals surface area contributed by atoms with Crippen LogP contribution in [0, 0.1) is 0 Å². The van der Waals surface area contributed by atoms with E-state index in [4.69, 9.17) is 14.2 Å². The van der Waals surface area contributed by atoms with Crippen LogP contribution >= 0.6 is 0 Å². The Bertz CT molecular complexity index is 1330. The van der Waals surface area contributed by atoms with E-state index in [2.05, 4.69) is 25.6 Å². The van der Waals surface area contributed by atoms with Gasteiger partial charge in [0.15, 0.2) is 20.6 Å². The molecule has 11 nitrogen and oxygen atoms in total. The number of fused-ring (bicyclic) bond motifs is 1. The number of carbonyl (C=O) groups is 1. The maximum atomic E-state index is 12.1. The highest BCUT2D eigenvalue weighted by molar-refractivity contribution is 7.90. The van der Waals surface area contributed by atoms with Crippen LogP contribution < -0.4 is 24.8 Å². The van der Waals surface area contributed by atoms with Gasteiger partial charge < -0.3 is 24.8 Å². The van der Waals surface area contributed by atoms with Crippen molar-refractivity contribution in [1.82, 2.24) is 15.0 Å². The van der Waals surface area contributed by atoms with E-state index in [0.717, 1.165) is 6.26 Å². The van der Waals surface area contributed by atoms with Crippen LogP contribution in [0.1, 0.15) is 6.92 Å². The van der Waals surface area contributed by atoms with Gasteiger partial charge in [-0.3, -0.25) is 4.79 Å². The molecule has 0 bridgehead atoms. The minimum atomic E-state index is -3.59. The van der Waals surface area contributed by atoms with Gasteiger partial charge in [-0.25, -0.2) is 23.4 Å². The van der Waals surface area contributed by atoms with Gasteiger partial charge in [-0.1, -0.05) is 0 Å². The molecular weight excluding hydrogens is 450 g/mol. The van der Waals surface area contributed by atoms with Crippen molar-refractivity contribution in [3.63, 3.8) is 0 Å². The maximum absolute atomic E-state index is 12.1. The van der Waals surface area contributed by atoms with E-state index in [1.165, 1.54) is 26.3 Å². The lowest BCUT2D eigenvalue weighted by atomic mass is 10.1. The predicted octanol–water partition coefficient (Wildman–Crippen LogP) is 2.42. The molecule has 172 valence electrons. The Balaban J connectivity index is 1.80. The Morgan fingerprint density at radius 2 is 1.88 bits per heavy atom. The molecule has 0 saturated heterocycles. The zero-order valence-electron chi connectivity index (χ0n) is 18.1. The molecule has 3 aromatic heterocycles. The van der Waals surface area contributed by atoms with Crippen molar-refractivity contribution >= 4 is 33.1 Å². The Morgan fingerprint density at radius 3 is 2.61 bits per heavy atom. The van der Waals surface area contributed by atoms with E-state index in [-0.39, 0.29) is 22.6 Å². The summed E-state index contributed by atoms with van der Waals surface area (Å²) >= 11 is 0. The van der Waals surface area contributed by atoms with Crippen molar-refractivity contribution in [1.29, 1.82) is 0 Å². The first kappa shape index (κ1) is 22.3. The van der Waals surface area contributed by atoms with E-state index in [0.29, 0.717) is 47.5 Å². The first-order valence-electron chi connectivity index (χ1n) is 9.81. The Hall–Kier alpha value is -3.93. The molecule has 4 rings (SSSR count). The number of hydrogen-bond donors (Lipinski definition) is 2. The molecule has 3 aromatic rings. The number of methoxy groups -OCH3 is 1. The van der Waals surface area contributed by atoms with Crippen LogP contribution in [0.2, 0.25) is 0 Å². The zero-order chi connectivity index (χ0) is 23.6. The Labute approximate surface area is 190 Å². The van der Waals surface area contributed by atoms with E-state index in [9.17, 15) is 13.2 Å². The highest BCUT2D eigenvalue weighted by Gasteiger charge is 2.18. The molecule has 1 aliphatic heterocycles. The summed E-state index contributed by atoms with van der Waals surface area (Å²) in [5.41, 5.74) is 1.56. The van der Waals surface area contributed by atoms with Crippen LogP contribution in [-0.2, 0) is 14.6 Å². The molecule has 4 heterocycles. The number of amides is 1. The average Bonchev–Trinajstić information content (AvgIpc) is 2.78. The van der Waals surface area contributed by atoms with E-state index in [1.54, 1.807) is 24.3 Å². The maximum Gasteiger partial charge on any atom is 0.257 e. The van der Waals surface area contributed by atoms with Gasteiger partial charge in [0.2, 0.25) is 5.91 Å². The smallest absolute Gasteiger partial charge is 0.257 e. The van der Waals surface area contributed by atoms with Crippen LogP contribution in [0.15, 0.2) is 41.6 Å². The van der Waals surface area contributed by atoms with Crippen LogP contribution in [0.25, 0.3) is 11.3 Å². The lowest BCUT2D eigenvalue weighted by Crippen LogP contribution is -2.16. The van der Waals surface area contributed by atoms with Gasteiger partial charge in [0.25, 0.3) is 5.88 Å². The molecule has 12 heteroatoms. The molecule has 0 aromatic carbocycles. The SMILES string of the molecule is COc1cc(Nc2cc(NC(C)=O)ncc2-c2ccc3c(n2)OCCO3)nc(S(C)(=O)=O)c1. The van der Waals surface area contributed by atoms with Crippen molar-refractivity contribution in [2.24, 2.45) is 0 Å². The Kier molecular flexibility index (Phi) is 6.01. The number of ether oxygens (including phenoxy) is 3. The zero-order valence-corrected chi connectivity index (χ0v) is 18.9. The standard InChI is InChI=1S/C21H21N5O6S/c1-12(27)23-18-10-16(24-19-8-13(30-2)9-20(26-19)33(3,28)29)14(11-22-18)15-4-5-17-21(25-15)32-7-6-31-17/h4-5,8-11H,6-7H2,1-3H3,(H2,22,23,24,26,27). The summed E-state index contributed by atoms with van der Waals surface area (Å²) in [6.45, 7) is 2.20. The third-order valence-corrected chi connectivity index (χ3v) is 5.51. The molecule has 1 aliphatic rings. The second kappa shape index (κ2) is 8.90. The number of carbonyl (C=O) groups excluding carboxylic acids is 1. The molecule has 1 amide bonds. The lowest BCUT2D eigenvalue weighted by molar-refractivity contribution is -0.114. The van der Waals surface area contributed by atoms with Gasteiger partial charge in [0.05, 0.1) is 18.5 Å². The normalized spacial score (nSPS) is 12.7. The molecule has 0 fully saturated rings. The van der Waals surface area contributed by atoms with Gasteiger partial charge in [0.1, 0.15) is 30.6 Å². The summed E-state index contributed by atoms with van der Waals surface area (Å²) in [5.74, 6) is 1.41. The van der Waals surface area contributed by atoms with Gasteiger partial charge in [-0.2, -0.15) is 0 Å². The number of pyridine rings is 3. The molecule has 2 N–H and O–H groups in total. The van der Waals surface area contributed by atoms with E-state index >= 15 is 0 Å². The molecule has 0 aliphatic carbocycles. The minimum absolute atomic E-state index is 0.153. The van der Waals surface area contributed by atoms with E-state index < -0.39 is 9.84 Å². The fourth-order valence-electron chi connectivity index (χ4n) is 3.08. The third-order valence-electron chi connectivity index (χ3n) is 4.54. The van der Waals surface area contributed by atoms with Crippen molar-refractivity contribution in [3.05, 3.63) is 36.5 Å². The van der Waals surface area contributed by atoms with Crippen molar-refractivity contribution in [2.75, 3.05) is 37.2 Å². The summed E-state index contributed by atoms with van der Waals surface area (Å²) in [6, 6.07) is 7.96. The quantitative estimate of drug-likeness (QED) is 0.550. The van der Waals surface area contributed by atoms with Crippen molar-refractivity contribution in [3.8, 4) is 28.6 Å². The van der Waals surface area contributed by atoms with Crippen LogP contribution in [0.4, 0.5) is 17.3 Å². The second-order valence-electron chi connectivity index (χ2n) is 7.12. The van der Waals surface area contributed by atoms with Crippen LogP contribution in [0.3, 0.4) is 0 Å². The third kappa shape index (κ3) is 5.12. The first-order chi connectivity index (χ1) is 15.7. The van der Waals surface area contributed by atoms with E-state index in [1.807, 2.05) is 0 Å². The summed E-state index contributed by atoms with van der Waals surface area (Å²) < 4.78 is 40.5. The fraction of sp³-hybridized carbons (Fsp3) is 0.238. The highest BCUT2D eigenvalue weighted by Crippen LogP contribution is 2.35. The summed E-state index contributed by atoms with van der Waals surface area (Å²) in [5, 5.41) is 5.56. The predicted molar refractivity (Wildman–Crippen MR) is 120 cm³/mol.